The Kier molecular flexibility index (Phi) is 3.69. The van der Waals surface area contributed by atoms with E-state index in [4.69, 9.17) is 0 Å². The van der Waals surface area contributed by atoms with Crippen LogP contribution in [0.15, 0.2) is 12.1 Å². The molecule has 0 aliphatic heterocycles. The van der Waals surface area contributed by atoms with E-state index in [0.717, 1.165) is 17.2 Å². The maximum atomic E-state index is 2.32. The molecule has 2 atom stereocenters. The first-order valence-electron chi connectivity index (χ1n) is 4.15. The highest BCUT2D eigenvalue weighted by atomic mass is 31.1. The topological polar surface area (TPSA) is 0 Å². The van der Waals surface area contributed by atoms with Gasteiger partial charge in [-0.25, -0.2) is 0 Å². The highest BCUT2D eigenvalue weighted by Gasteiger charge is 2.01. The SMILES string of the molecule is CPc1cc(C)cc(PC)c1C. The molecule has 0 saturated heterocycles. The summed E-state index contributed by atoms with van der Waals surface area (Å²) in [5, 5.41) is 3.08. The summed E-state index contributed by atoms with van der Waals surface area (Å²) >= 11 is 0. The van der Waals surface area contributed by atoms with Crippen molar-refractivity contribution in [3.8, 4) is 0 Å². The Labute approximate surface area is 78.7 Å². The van der Waals surface area contributed by atoms with Crippen molar-refractivity contribution in [2.75, 3.05) is 13.3 Å². The summed E-state index contributed by atoms with van der Waals surface area (Å²) < 4.78 is 0. The molecule has 2 heteroatoms. The third kappa shape index (κ3) is 2.06. The van der Waals surface area contributed by atoms with Crippen LogP contribution in [0.1, 0.15) is 11.1 Å². The Morgan fingerprint density at radius 2 is 1.33 bits per heavy atom. The largest absolute Gasteiger partial charge is 0.0933 e. The summed E-state index contributed by atoms with van der Waals surface area (Å²) in [7, 11) is 1.86. The lowest BCUT2D eigenvalue weighted by molar-refractivity contribution is 1.46. The molecule has 0 N–H and O–H groups in total. The average Bonchev–Trinajstić information content (AvgIpc) is 2.08. The van der Waals surface area contributed by atoms with Crippen LogP contribution in [0.25, 0.3) is 0 Å². The molecular weight excluding hydrogens is 182 g/mol. The van der Waals surface area contributed by atoms with Crippen LogP contribution < -0.4 is 10.6 Å². The molecule has 1 aromatic rings. The predicted octanol–water partition coefficient (Wildman–Crippen LogP) is 2.17. The zero-order chi connectivity index (χ0) is 9.14. The van der Waals surface area contributed by atoms with Gasteiger partial charge in [-0.2, -0.15) is 0 Å². The van der Waals surface area contributed by atoms with E-state index >= 15 is 0 Å². The molecule has 0 saturated carbocycles. The smallest absolute Gasteiger partial charge is 0.0236 e. The van der Waals surface area contributed by atoms with Gasteiger partial charge in [-0.05, 0) is 48.9 Å². The Balaban J connectivity index is 3.22. The van der Waals surface area contributed by atoms with Gasteiger partial charge in [0.15, 0.2) is 0 Å². The standard InChI is InChI=1S/C10H16P2/c1-7-5-9(11-3)8(2)10(6-7)12-4/h5-6,11-12H,1-4H3. The van der Waals surface area contributed by atoms with Crippen molar-refractivity contribution in [3.05, 3.63) is 23.3 Å². The number of hydrogen-bond acceptors (Lipinski definition) is 0. The molecule has 0 bridgehead atoms. The summed E-state index contributed by atoms with van der Waals surface area (Å²) in [6.07, 6.45) is 0. The lowest BCUT2D eigenvalue weighted by Gasteiger charge is -2.09. The Hall–Kier alpha value is 0.0800. The fraction of sp³-hybridized carbons (Fsp3) is 0.400. The molecule has 0 nitrogen and oxygen atoms in total. The van der Waals surface area contributed by atoms with Crippen molar-refractivity contribution >= 4 is 27.8 Å². The van der Waals surface area contributed by atoms with Gasteiger partial charge < -0.3 is 0 Å². The zero-order valence-electron chi connectivity index (χ0n) is 8.15. The van der Waals surface area contributed by atoms with Gasteiger partial charge in [-0.15, -0.1) is 0 Å². The van der Waals surface area contributed by atoms with Crippen LogP contribution in [-0.2, 0) is 0 Å². The van der Waals surface area contributed by atoms with Crippen molar-refractivity contribution in [3.63, 3.8) is 0 Å². The van der Waals surface area contributed by atoms with Crippen molar-refractivity contribution in [2.45, 2.75) is 13.8 Å². The van der Waals surface area contributed by atoms with E-state index in [-0.39, 0.29) is 0 Å². The molecule has 0 heterocycles. The van der Waals surface area contributed by atoms with Gasteiger partial charge in [0.2, 0.25) is 0 Å². The van der Waals surface area contributed by atoms with Crippen molar-refractivity contribution < 1.29 is 0 Å². The van der Waals surface area contributed by atoms with Gasteiger partial charge in [0.25, 0.3) is 0 Å². The second-order valence-electron chi connectivity index (χ2n) is 2.99. The van der Waals surface area contributed by atoms with E-state index in [1.165, 1.54) is 11.1 Å². The first-order chi connectivity index (χ1) is 5.69. The van der Waals surface area contributed by atoms with E-state index in [1.54, 1.807) is 10.6 Å². The summed E-state index contributed by atoms with van der Waals surface area (Å²) in [6, 6.07) is 4.63. The Morgan fingerprint density at radius 1 is 0.917 bits per heavy atom. The van der Waals surface area contributed by atoms with Crippen LogP contribution in [0.2, 0.25) is 0 Å². The molecular formula is C10H16P2. The number of benzene rings is 1. The summed E-state index contributed by atoms with van der Waals surface area (Å²) in [5.74, 6) is 0. The van der Waals surface area contributed by atoms with Gasteiger partial charge in [0.1, 0.15) is 0 Å². The molecule has 0 spiro atoms. The van der Waals surface area contributed by atoms with Crippen LogP contribution in [-0.4, -0.2) is 13.3 Å². The van der Waals surface area contributed by atoms with Crippen molar-refractivity contribution in [1.82, 2.24) is 0 Å². The molecule has 1 rings (SSSR count). The Bertz CT molecular complexity index is 254. The van der Waals surface area contributed by atoms with E-state index in [2.05, 4.69) is 39.3 Å². The van der Waals surface area contributed by atoms with Gasteiger partial charge in [-0.1, -0.05) is 29.3 Å². The minimum atomic E-state index is 0.929. The summed E-state index contributed by atoms with van der Waals surface area (Å²) in [5.41, 5.74) is 2.93. The molecule has 1 aromatic carbocycles. The lowest BCUT2D eigenvalue weighted by Crippen LogP contribution is -2.12. The molecule has 0 aromatic heterocycles. The summed E-state index contributed by atoms with van der Waals surface area (Å²) in [4.78, 5) is 0. The van der Waals surface area contributed by atoms with Crippen LogP contribution in [0.5, 0.6) is 0 Å². The highest BCUT2D eigenvalue weighted by Crippen LogP contribution is 2.14. The molecule has 2 unspecified atom stereocenters. The third-order valence-corrected chi connectivity index (χ3v) is 4.21. The second-order valence-corrected chi connectivity index (χ2v) is 5.06. The maximum Gasteiger partial charge on any atom is -0.0236 e. The number of aryl methyl sites for hydroxylation is 1. The van der Waals surface area contributed by atoms with Crippen LogP contribution in [0.3, 0.4) is 0 Å². The van der Waals surface area contributed by atoms with Gasteiger partial charge in [0, 0.05) is 0 Å². The third-order valence-electron chi connectivity index (χ3n) is 2.09. The number of rotatable bonds is 2. The average molecular weight is 198 g/mol. The van der Waals surface area contributed by atoms with Crippen LogP contribution in [0.4, 0.5) is 0 Å². The van der Waals surface area contributed by atoms with E-state index in [1.807, 2.05) is 0 Å². The first-order valence-corrected chi connectivity index (χ1v) is 7.15. The van der Waals surface area contributed by atoms with Gasteiger partial charge >= 0.3 is 0 Å². The fourth-order valence-electron chi connectivity index (χ4n) is 1.38. The summed E-state index contributed by atoms with van der Waals surface area (Å²) in [6.45, 7) is 8.94. The molecule has 0 aliphatic carbocycles. The molecule has 66 valence electrons. The van der Waals surface area contributed by atoms with E-state index in [0.29, 0.717) is 0 Å². The molecule has 12 heavy (non-hydrogen) atoms. The van der Waals surface area contributed by atoms with Gasteiger partial charge in [-0.3, -0.25) is 0 Å². The lowest BCUT2D eigenvalue weighted by atomic mass is 10.2. The molecule has 0 aliphatic rings. The van der Waals surface area contributed by atoms with Crippen LogP contribution >= 0.6 is 17.2 Å². The van der Waals surface area contributed by atoms with Crippen LogP contribution in [0, 0.1) is 13.8 Å². The Morgan fingerprint density at radius 3 is 1.67 bits per heavy atom. The van der Waals surface area contributed by atoms with Gasteiger partial charge in [0.05, 0.1) is 0 Å². The second kappa shape index (κ2) is 4.35. The van der Waals surface area contributed by atoms with E-state index in [9.17, 15) is 0 Å². The highest BCUT2D eigenvalue weighted by molar-refractivity contribution is 7.48. The monoisotopic (exact) mass is 198 g/mol. The van der Waals surface area contributed by atoms with E-state index < -0.39 is 0 Å². The molecule has 0 radical (unpaired) electrons. The fourth-order valence-corrected chi connectivity index (χ4v) is 3.27. The normalized spacial score (nSPS) is 12.3. The first kappa shape index (κ1) is 10.2. The minimum Gasteiger partial charge on any atom is -0.0933 e. The predicted molar refractivity (Wildman–Crippen MR) is 63.7 cm³/mol. The maximum absolute atomic E-state index is 2.32. The van der Waals surface area contributed by atoms with Crippen molar-refractivity contribution in [1.29, 1.82) is 0 Å². The molecule has 0 fully saturated rings. The zero-order valence-corrected chi connectivity index (χ0v) is 10.2. The quantitative estimate of drug-likeness (QED) is 0.639. The van der Waals surface area contributed by atoms with Crippen molar-refractivity contribution in [2.24, 2.45) is 0 Å². The molecule has 0 amide bonds. The minimum absolute atomic E-state index is 0.929. The number of hydrogen-bond donors (Lipinski definition) is 0.